The molecule has 5 aromatic rings. The first-order valence-electron chi connectivity index (χ1n) is 12.6. The number of aryl methyl sites for hydroxylation is 1. The maximum Gasteiger partial charge on any atom is 1.00 e. The van der Waals surface area contributed by atoms with Crippen molar-refractivity contribution in [2.24, 2.45) is 20.5 Å². The Labute approximate surface area is 287 Å². The number of hydrogen-bond donors (Lipinski definition) is 2. The SMILES string of the molecule is Cc1c(N=Nc2ccc(S(=O)(=O)[O-])c3ccccc23)c(=O)n2c(N)c(N=Nc3ccc(S(=O)(=O)CCOS(=O)(=O)O)cc3)c(=O)n12.[Na+]. The normalized spacial score (nSPS) is 12.8. The number of aromatic nitrogens is 2. The molecular formula is C25H20N7NaO11S3. The zero-order valence-corrected chi connectivity index (χ0v) is 28.7. The summed E-state index contributed by atoms with van der Waals surface area (Å²) >= 11 is 0. The van der Waals surface area contributed by atoms with Crippen molar-refractivity contribution < 1.29 is 68.1 Å². The summed E-state index contributed by atoms with van der Waals surface area (Å²) in [5, 5.41) is 16.2. The smallest absolute Gasteiger partial charge is 0.744 e. The number of rotatable bonds is 10. The maximum absolute atomic E-state index is 13.2. The van der Waals surface area contributed by atoms with Crippen molar-refractivity contribution in [2.75, 3.05) is 18.1 Å². The summed E-state index contributed by atoms with van der Waals surface area (Å²) < 4.78 is 95.2. The molecule has 2 heterocycles. The predicted octanol–water partition coefficient (Wildman–Crippen LogP) is -0.427. The van der Waals surface area contributed by atoms with Gasteiger partial charge in [0.2, 0.25) is 0 Å². The van der Waals surface area contributed by atoms with Crippen molar-refractivity contribution in [3.63, 3.8) is 0 Å². The molecule has 2 aromatic heterocycles. The first kappa shape index (κ1) is 35.9. The van der Waals surface area contributed by atoms with E-state index >= 15 is 0 Å². The molecule has 3 N–H and O–H groups in total. The summed E-state index contributed by atoms with van der Waals surface area (Å²) in [6, 6.07) is 13.2. The van der Waals surface area contributed by atoms with E-state index in [1.54, 1.807) is 6.07 Å². The van der Waals surface area contributed by atoms with Gasteiger partial charge in [0, 0.05) is 10.8 Å². The summed E-state index contributed by atoms with van der Waals surface area (Å²) in [7, 11) is -13.6. The third-order valence-electron chi connectivity index (χ3n) is 6.55. The molecule has 0 fully saturated rings. The van der Waals surface area contributed by atoms with Gasteiger partial charge in [-0.3, -0.25) is 14.1 Å². The Morgan fingerprint density at radius 2 is 1.40 bits per heavy atom. The van der Waals surface area contributed by atoms with Crippen molar-refractivity contribution in [3.05, 3.63) is 87.1 Å². The van der Waals surface area contributed by atoms with Crippen molar-refractivity contribution in [3.8, 4) is 0 Å². The van der Waals surface area contributed by atoms with Crippen LogP contribution in [0.15, 0.2) is 101 Å². The van der Waals surface area contributed by atoms with Gasteiger partial charge < -0.3 is 10.3 Å². The molecule has 0 amide bonds. The first-order chi connectivity index (χ1) is 21.5. The summed E-state index contributed by atoms with van der Waals surface area (Å²) in [4.78, 5) is 25.7. The van der Waals surface area contributed by atoms with Gasteiger partial charge in [-0.15, -0.1) is 15.3 Å². The average Bonchev–Trinajstić information content (AvgIpc) is 3.38. The van der Waals surface area contributed by atoms with Crippen molar-refractivity contribution >= 4 is 69.7 Å². The van der Waals surface area contributed by atoms with E-state index in [1.165, 1.54) is 43.3 Å². The summed E-state index contributed by atoms with van der Waals surface area (Å²) in [5.41, 5.74) is 4.04. The van der Waals surface area contributed by atoms with E-state index < -0.39 is 64.4 Å². The minimum Gasteiger partial charge on any atom is -0.744 e. The Morgan fingerprint density at radius 1 is 0.809 bits per heavy atom. The van der Waals surface area contributed by atoms with Crippen molar-refractivity contribution in [1.29, 1.82) is 0 Å². The molecule has 47 heavy (non-hydrogen) atoms. The Hall–Kier alpha value is -3.93. The fraction of sp³-hybridized carbons (Fsp3) is 0.120. The van der Waals surface area contributed by atoms with Gasteiger partial charge in [0.05, 0.1) is 39.2 Å². The van der Waals surface area contributed by atoms with E-state index in [2.05, 4.69) is 24.6 Å². The van der Waals surface area contributed by atoms with Crippen LogP contribution in [0.3, 0.4) is 0 Å². The second-order valence-electron chi connectivity index (χ2n) is 9.45. The quantitative estimate of drug-likeness (QED) is 0.106. The molecule has 0 atom stereocenters. The summed E-state index contributed by atoms with van der Waals surface area (Å²) in [6.07, 6.45) is 0. The van der Waals surface area contributed by atoms with Crippen LogP contribution in [0.25, 0.3) is 10.8 Å². The molecule has 5 rings (SSSR count). The van der Waals surface area contributed by atoms with Crippen LogP contribution in [0, 0.1) is 6.92 Å². The predicted molar refractivity (Wildman–Crippen MR) is 160 cm³/mol. The van der Waals surface area contributed by atoms with Gasteiger partial charge in [-0.05, 0) is 43.3 Å². The molecule has 240 valence electrons. The van der Waals surface area contributed by atoms with Gasteiger partial charge in [0.1, 0.15) is 10.1 Å². The van der Waals surface area contributed by atoms with Crippen LogP contribution >= 0.6 is 0 Å². The Kier molecular flexibility index (Phi) is 10.2. The zero-order valence-electron chi connectivity index (χ0n) is 24.2. The molecule has 0 radical (unpaired) electrons. The molecular weight excluding hydrogens is 694 g/mol. The van der Waals surface area contributed by atoms with E-state index in [1.807, 2.05) is 0 Å². The first-order valence-corrected chi connectivity index (χ1v) is 17.1. The number of hydrogen-bond acceptors (Lipinski definition) is 15. The van der Waals surface area contributed by atoms with Crippen LogP contribution in [0.2, 0.25) is 0 Å². The van der Waals surface area contributed by atoms with E-state index in [-0.39, 0.29) is 73.8 Å². The van der Waals surface area contributed by atoms with E-state index in [0.29, 0.717) is 0 Å². The number of azo groups is 2. The fourth-order valence-electron chi connectivity index (χ4n) is 4.44. The van der Waals surface area contributed by atoms with Crippen LogP contribution in [-0.4, -0.2) is 55.7 Å². The molecule has 0 aliphatic carbocycles. The molecule has 0 spiro atoms. The monoisotopic (exact) mass is 713 g/mol. The van der Waals surface area contributed by atoms with Crippen LogP contribution < -0.4 is 46.4 Å². The third kappa shape index (κ3) is 7.32. The zero-order chi connectivity index (χ0) is 33.6. The van der Waals surface area contributed by atoms with E-state index in [9.17, 15) is 39.4 Å². The van der Waals surface area contributed by atoms with Gasteiger partial charge in [0.15, 0.2) is 27.0 Å². The van der Waals surface area contributed by atoms with Gasteiger partial charge >= 0.3 is 51.1 Å². The second-order valence-corrected chi connectivity index (χ2v) is 14.0. The van der Waals surface area contributed by atoms with Gasteiger partial charge in [-0.1, -0.05) is 24.3 Å². The Bertz CT molecular complexity index is 2530. The second kappa shape index (κ2) is 13.3. The van der Waals surface area contributed by atoms with Gasteiger partial charge in [-0.25, -0.2) is 25.5 Å². The van der Waals surface area contributed by atoms with Crippen LogP contribution in [0.5, 0.6) is 0 Å². The Balaban J connectivity index is 0.00000500. The largest absolute Gasteiger partial charge is 1.00 e. The van der Waals surface area contributed by atoms with E-state index in [0.717, 1.165) is 27.2 Å². The number of anilines is 1. The molecule has 18 nitrogen and oxygen atoms in total. The van der Waals surface area contributed by atoms with E-state index in [4.69, 9.17) is 10.3 Å². The minimum atomic E-state index is -4.80. The molecule has 0 saturated carbocycles. The number of fused-ring (bicyclic) bond motifs is 2. The molecule has 0 bridgehead atoms. The fourth-order valence-corrected chi connectivity index (χ4v) is 6.61. The summed E-state index contributed by atoms with van der Waals surface area (Å²) in [6.45, 7) is 0.600. The molecule has 0 aliphatic rings. The number of benzene rings is 3. The summed E-state index contributed by atoms with van der Waals surface area (Å²) in [5.74, 6) is -1.12. The Morgan fingerprint density at radius 3 is 2.00 bits per heavy atom. The number of nitrogen functional groups attached to an aromatic ring is 1. The number of nitrogens with zero attached hydrogens (tertiary/aromatic N) is 6. The third-order valence-corrected chi connectivity index (χ3v) is 9.61. The van der Waals surface area contributed by atoms with Gasteiger partial charge in [0.25, 0.3) is 0 Å². The molecule has 22 heteroatoms. The topological polar surface area (TPSA) is 273 Å². The minimum absolute atomic E-state index is 0. The number of sulfone groups is 1. The molecule has 0 unspecified atom stereocenters. The van der Waals surface area contributed by atoms with Gasteiger partial charge in [-0.2, -0.15) is 18.0 Å². The molecule has 0 aliphatic heterocycles. The molecule has 0 saturated heterocycles. The standard InChI is InChI=1S/C25H21N7O11S3.Na/c1-14-21(29-28-19-10-11-20(45(37,38)39)18-5-3-2-4-17(18)19)24(33)32-23(26)22(25(34)31(14)32)30-27-15-6-8-16(9-7-15)44(35,36)13-12-43-46(40,41)42;/h2-11H,12-13,26H2,1H3,(H,37,38,39)(H,40,41,42);/q;+1/p-1. The van der Waals surface area contributed by atoms with Crippen LogP contribution in [0.4, 0.5) is 28.6 Å². The molecule has 3 aromatic carbocycles. The maximum atomic E-state index is 13.2. The van der Waals surface area contributed by atoms with Crippen molar-refractivity contribution in [1.82, 2.24) is 9.03 Å². The van der Waals surface area contributed by atoms with Crippen LogP contribution in [0.1, 0.15) is 5.69 Å². The number of nitrogens with two attached hydrogens (primary N) is 1. The average molecular weight is 714 g/mol. The van der Waals surface area contributed by atoms with Crippen LogP contribution in [-0.2, 0) is 34.5 Å². The van der Waals surface area contributed by atoms with Crippen molar-refractivity contribution in [2.45, 2.75) is 16.7 Å².